The molecule has 0 aliphatic carbocycles. The van der Waals surface area contributed by atoms with Crippen molar-refractivity contribution in [2.75, 3.05) is 4.72 Å². The number of anilines is 1. The van der Waals surface area contributed by atoms with Gasteiger partial charge >= 0.3 is 6.18 Å². The van der Waals surface area contributed by atoms with Crippen LogP contribution in [0.3, 0.4) is 0 Å². The Morgan fingerprint density at radius 3 is 2.32 bits per heavy atom. The molecule has 0 spiro atoms. The highest BCUT2D eigenvalue weighted by Crippen LogP contribution is 2.30. The van der Waals surface area contributed by atoms with Crippen LogP contribution in [-0.2, 0) is 16.2 Å². The second-order valence-corrected chi connectivity index (χ2v) is 6.84. The molecule has 0 atom stereocenters. The summed E-state index contributed by atoms with van der Waals surface area (Å²) in [6.45, 7) is 0. The maximum Gasteiger partial charge on any atom is 0.416 e. The molecule has 1 heterocycles. The molecule has 2 aromatic carbocycles. The monoisotopic (exact) mass is 370 g/mol. The third kappa shape index (κ3) is 3.55. The highest BCUT2D eigenvalue weighted by atomic mass is 32.2. The van der Waals surface area contributed by atoms with Crippen LogP contribution >= 0.6 is 0 Å². The normalized spacial score (nSPS) is 12.3. The second kappa shape index (κ2) is 5.99. The van der Waals surface area contributed by atoms with E-state index in [1.165, 1.54) is 12.3 Å². The van der Waals surface area contributed by atoms with Crippen LogP contribution in [0.5, 0.6) is 0 Å². The average molecular weight is 370 g/mol. The molecule has 0 unspecified atom stereocenters. The van der Waals surface area contributed by atoms with E-state index < -0.39 is 27.6 Å². The van der Waals surface area contributed by atoms with Gasteiger partial charge in [-0.15, -0.1) is 0 Å². The van der Waals surface area contributed by atoms with Gasteiger partial charge in [0.25, 0.3) is 10.0 Å². The maximum absolute atomic E-state index is 13.7. The molecule has 3 rings (SSSR count). The summed E-state index contributed by atoms with van der Waals surface area (Å²) in [5, 5.41) is 0.382. The van der Waals surface area contributed by atoms with Gasteiger partial charge in [0.15, 0.2) is 0 Å². The fourth-order valence-electron chi connectivity index (χ4n) is 2.26. The maximum atomic E-state index is 13.7. The lowest BCUT2D eigenvalue weighted by Gasteiger charge is -2.12. The third-order valence-electron chi connectivity index (χ3n) is 3.41. The number of halogens is 4. The zero-order chi connectivity index (χ0) is 18.2. The minimum Gasteiger partial charge on any atom is -0.277 e. The predicted molar refractivity (Wildman–Crippen MR) is 84.0 cm³/mol. The number of fused-ring (bicyclic) bond motifs is 1. The Bertz CT molecular complexity index is 1030. The minimum atomic E-state index is -4.57. The van der Waals surface area contributed by atoms with Crippen molar-refractivity contribution in [3.63, 3.8) is 0 Å². The number of aromatic nitrogens is 1. The van der Waals surface area contributed by atoms with Crippen LogP contribution in [0.1, 0.15) is 5.56 Å². The molecule has 1 N–H and O–H groups in total. The van der Waals surface area contributed by atoms with Crippen molar-refractivity contribution >= 4 is 26.6 Å². The standard InChI is InChI=1S/C16H10F4N2O2S/c17-12-8-10-2-1-7-21-15(10)14(9-12)22-25(23,24)13-5-3-11(4-6-13)16(18,19)20/h1-9,22H. The molecule has 0 saturated carbocycles. The summed E-state index contributed by atoms with van der Waals surface area (Å²) in [5.41, 5.74) is -0.848. The van der Waals surface area contributed by atoms with Crippen LogP contribution in [0.4, 0.5) is 23.2 Å². The van der Waals surface area contributed by atoms with Crippen LogP contribution in [0.15, 0.2) is 59.6 Å². The van der Waals surface area contributed by atoms with E-state index >= 15 is 0 Å². The number of nitrogens with one attached hydrogen (secondary N) is 1. The van der Waals surface area contributed by atoms with E-state index in [1.807, 2.05) is 0 Å². The van der Waals surface area contributed by atoms with Gasteiger partial charge in [-0.1, -0.05) is 6.07 Å². The van der Waals surface area contributed by atoms with Crippen LogP contribution < -0.4 is 4.72 Å². The number of hydrogen-bond donors (Lipinski definition) is 1. The first kappa shape index (κ1) is 17.2. The number of hydrogen-bond acceptors (Lipinski definition) is 3. The van der Waals surface area contributed by atoms with E-state index in [4.69, 9.17) is 0 Å². The summed E-state index contributed by atoms with van der Waals surface area (Å²) in [7, 11) is -4.21. The van der Waals surface area contributed by atoms with Crippen molar-refractivity contribution in [2.45, 2.75) is 11.1 Å². The van der Waals surface area contributed by atoms with Gasteiger partial charge in [-0.2, -0.15) is 13.2 Å². The summed E-state index contributed by atoms with van der Waals surface area (Å²) in [6.07, 6.45) is -3.16. The van der Waals surface area contributed by atoms with Gasteiger partial charge in [-0.05, 0) is 36.4 Å². The Morgan fingerprint density at radius 2 is 1.68 bits per heavy atom. The number of benzene rings is 2. The molecule has 0 radical (unpaired) electrons. The van der Waals surface area contributed by atoms with Crippen molar-refractivity contribution in [3.8, 4) is 0 Å². The first-order valence-corrected chi connectivity index (χ1v) is 8.39. The van der Waals surface area contributed by atoms with Gasteiger partial charge in [-0.25, -0.2) is 12.8 Å². The molecule has 4 nitrogen and oxygen atoms in total. The number of pyridine rings is 1. The Kier molecular flexibility index (Phi) is 4.11. The molecule has 0 amide bonds. The van der Waals surface area contributed by atoms with Gasteiger partial charge in [-0.3, -0.25) is 9.71 Å². The second-order valence-electron chi connectivity index (χ2n) is 5.16. The third-order valence-corrected chi connectivity index (χ3v) is 4.79. The highest BCUT2D eigenvalue weighted by Gasteiger charge is 2.30. The average Bonchev–Trinajstić information content (AvgIpc) is 2.53. The van der Waals surface area contributed by atoms with Crippen molar-refractivity contribution in [1.82, 2.24) is 4.98 Å². The smallest absolute Gasteiger partial charge is 0.277 e. The van der Waals surface area contributed by atoms with E-state index in [0.717, 1.165) is 18.2 Å². The quantitative estimate of drug-likeness (QED) is 0.703. The molecule has 3 aromatic rings. The van der Waals surface area contributed by atoms with Gasteiger partial charge in [0.2, 0.25) is 0 Å². The Hall–Kier alpha value is -2.68. The largest absolute Gasteiger partial charge is 0.416 e. The molecule has 0 fully saturated rings. The molecule has 0 bridgehead atoms. The molecule has 130 valence electrons. The molecule has 9 heteroatoms. The van der Waals surface area contributed by atoms with Crippen molar-refractivity contribution in [3.05, 3.63) is 66.1 Å². The van der Waals surface area contributed by atoms with Gasteiger partial charge in [0.05, 0.1) is 21.7 Å². The fraction of sp³-hybridized carbons (Fsp3) is 0.0625. The van der Waals surface area contributed by atoms with Gasteiger partial charge in [0.1, 0.15) is 5.82 Å². The van der Waals surface area contributed by atoms with Crippen molar-refractivity contribution in [2.24, 2.45) is 0 Å². The number of sulfonamides is 1. The Morgan fingerprint density at radius 1 is 1.00 bits per heavy atom. The number of alkyl halides is 3. The SMILES string of the molecule is O=S(=O)(Nc1cc(F)cc2cccnc12)c1ccc(C(F)(F)F)cc1. The molecule has 0 aliphatic rings. The van der Waals surface area contributed by atoms with E-state index in [1.54, 1.807) is 12.1 Å². The topological polar surface area (TPSA) is 59.1 Å². The van der Waals surface area contributed by atoms with Crippen LogP contribution in [0.2, 0.25) is 0 Å². The summed E-state index contributed by atoms with van der Waals surface area (Å²) in [6, 6.07) is 8.26. The zero-order valence-electron chi connectivity index (χ0n) is 12.4. The molecule has 25 heavy (non-hydrogen) atoms. The van der Waals surface area contributed by atoms with Crippen molar-refractivity contribution in [1.29, 1.82) is 0 Å². The lowest BCUT2D eigenvalue weighted by Crippen LogP contribution is -2.14. The lowest BCUT2D eigenvalue weighted by molar-refractivity contribution is -0.137. The Balaban J connectivity index is 2.00. The summed E-state index contributed by atoms with van der Waals surface area (Å²) in [5.74, 6) is -0.675. The zero-order valence-corrected chi connectivity index (χ0v) is 13.2. The fourth-order valence-corrected chi connectivity index (χ4v) is 3.32. The molecule has 0 aliphatic heterocycles. The Labute approximate surface area is 140 Å². The first-order valence-electron chi connectivity index (χ1n) is 6.91. The van der Waals surface area contributed by atoms with E-state index in [-0.39, 0.29) is 16.1 Å². The predicted octanol–water partition coefficient (Wildman–Crippen LogP) is 4.19. The summed E-state index contributed by atoms with van der Waals surface area (Å²) >= 11 is 0. The van der Waals surface area contributed by atoms with E-state index in [2.05, 4.69) is 9.71 Å². The van der Waals surface area contributed by atoms with E-state index in [9.17, 15) is 26.0 Å². The molecule has 1 aromatic heterocycles. The van der Waals surface area contributed by atoms with Gasteiger partial charge in [0, 0.05) is 17.6 Å². The summed E-state index contributed by atoms with van der Waals surface area (Å²) < 4.78 is 78.3. The van der Waals surface area contributed by atoms with E-state index in [0.29, 0.717) is 17.5 Å². The lowest BCUT2D eigenvalue weighted by atomic mass is 10.2. The minimum absolute atomic E-state index is 0.101. The highest BCUT2D eigenvalue weighted by molar-refractivity contribution is 7.92. The number of rotatable bonds is 3. The van der Waals surface area contributed by atoms with Crippen LogP contribution in [0, 0.1) is 5.82 Å². The van der Waals surface area contributed by atoms with Crippen LogP contribution in [0.25, 0.3) is 10.9 Å². The molecule has 0 saturated heterocycles. The number of nitrogens with zero attached hydrogens (tertiary/aromatic N) is 1. The van der Waals surface area contributed by atoms with Crippen molar-refractivity contribution < 1.29 is 26.0 Å². The molecular weight excluding hydrogens is 360 g/mol. The van der Waals surface area contributed by atoms with Crippen LogP contribution in [-0.4, -0.2) is 13.4 Å². The van der Waals surface area contributed by atoms with Gasteiger partial charge < -0.3 is 0 Å². The summed E-state index contributed by atoms with van der Waals surface area (Å²) in [4.78, 5) is 3.62. The first-order chi connectivity index (χ1) is 11.7. The molecular formula is C16H10F4N2O2S.